The Hall–Kier alpha value is -1.22. The highest BCUT2D eigenvalue weighted by Crippen LogP contribution is 2.38. The Morgan fingerprint density at radius 3 is 2.70 bits per heavy atom. The fourth-order valence-corrected chi connectivity index (χ4v) is 2.93. The van der Waals surface area contributed by atoms with Gasteiger partial charge in [0.25, 0.3) is 0 Å². The molecule has 0 aliphatic heterocycles. The lowest BCUT2D eigenvalue weighted by Crippen LogP contribution is -2.34. The van der Waals surface area contributed by atoms with E-state index in [1.807, 2.05) is 0 Å². The van der Waals surface area contributed by atoms with Crippen LogP contribution in [0.15, 0.2) is 22.7 Å². The summed E-state index contributed by atoms with van der Waals surface area (Å²) >= 11 is 3.27. The van der Waals surface area contributed by atoms with Crippen LogP contribution in [0, 0.1) is 17.2 Å². The zero-order valence-electron chi connectivity index (χ0n) is 10.7. The van der Waals surface area contributed by atoms with Gasteiger partial charge < -0.3 is 5.32 Å². The second kappa shape index (κ2) is 6.04. The van der Waals surface area contributed by atoms with Gasteiger partial charge in [0.05, 0.1) is 17.2 Å². The van der Waals surface area contributed by atoms with Crippen molar-refractivity contribution in [2.24, 2.45) is 5.92 Å². The van der Waals surface area contributed by atoms with Crippen LogP contribution in [0.4, 0.5) is 18.9 Å². The van der Waals surface area contributed by atoms with Gasteiger partial charge in [0.1, 0.15) is 6.07 Å². The number of alkyl halides is 3. The van der Waals surface area contributed by atoms with Gasteiger partial charge >= 0.3 is 6.18 Å². The third kappa shape index (κ3) is 3.66. The minimum Gasteiger partial charge on any atom is -0.381 e. The van der Waals surface area contributed by atoms with E-state index >= 15 is 0 Å². The second-order valence-electron chi connectivity index (χ2n) is 5.05. The van der Waals surface area contributed by atoms with E-state index in [1.54, 1.807) is 18.2 Å². The maximum absolute atomic E-state index is 12.8. The van der Waals surface area contributed by atoms with E-state index in [-0.39, 0.29) is 18.9 Å². The summed E-state index contributed by atoms with van der Waals surface area (Å²) in [5.74, 6) is -1.24. The summed E-state index contributed by atoms with van der Waals surface area (Å²) in [6.45, 7) is 0. The first-order valence-corrected chi connectivity index (χ1v) is 7.22. The molecule has 1 aromatic rings. The van der Waals surface area contributed by atoms with E-state index in [9.17, 15) is 13.2 Å². The van der Waals surface area contributed by atoms with Crippen LogP contribution in [0.25, 0.3) is 0 Å². The van der Waals surface area contributed by atoms with Gasteiger partial charge in [0.15, 0.2) is 0 Å². The predicted octanol–water partition coefficient (Wildman–Crippen LogP) is 4.85. The van der Waals surface area contributed by atoms with Gasteiger partial charge in [-0.15, -0.1) is 0 Å². The summed E-state index contributed by atoms with van der Waals surface area (Å²) in [6, 6.07) is 6.97. The van der Waals surface area contributed by atoms with E-state index < -0.39 is 12.1 Å². The van der Waals surface area contributed by atoms with Gasteiger partial charge in [-0.25, -0.2) is 0 Å². The van der Waals surface area contributed by atoms with Crippen LogP contribution in [0.3, 0.4) is 0 Å². The molecule has 1 saturated carbocycles. The zero-order valence-corrected chi connectivity index (χ0v) is 12.3. The third-order valence-electron chi connectivity index (χ3n) is 3.60. The Kier molecular flexibility index (Phi) is 4.59. The maximum atomic E-state index is 12.8. The second-order valence-corrected chi connectivity index (χ2v) is 5.96. The molecule has 1 aliphatic carbocycles. The molecule has 0 aromatic heterocycles. The molecule has 0 heterocycles. The van der Waals surface area contributed by atoms with Gasteiger partial charge in [0.2, 0.25) is 0 Å². The molecule has 108 valence electrons. The molecule has 6 heteroatoms. The van der Waals surface area contributed by atoms with Crippen molar-refractivity contribution in [3.63, 3.8) is 0 Å². The summed E-state index contributed by atoms with van der Waals surface area (Å²) in [6.07, 6.45) is -2.59. The van der Waals surface area contributed by atoms with Crippen molar-refractivity contribution in [3.8, 4) is 6.07 Å². The minimum absolute atomic E-state index is 0.0738. The largest absolute Gasteiger partial charge is 0.391 e. The Labute approximate surface area is 124 Å². The molecule has 20 heavy (non-hydrogen) atoms. The number of nitriles is 1. The zero-order chi connectivity index (χ0) is 14.8. The smallest absolute Gasteiger partial charge is 0.381 e. The van der Waals surface area contributed by atoms with Crippen molar-refractivity contribution in [2.75, 3.05) is 5.32 Å². The molecule has 0 saturated heterocycles. The molecular formula is C14H14BrF3N2. The summed E-state index contributed by atoms with van der Waals surface area (Å²) in [5, 5.41) is 12.1. The number of nitrogens with zero attached hydrogens (tertiary/aromatic N) is 1. The number of anilines is 1. The van der Waals surface area contributed by atoms with Crippen molar-refractivity contribution in [1.82, 2.24) is 0 Å². The Balaban J connectivity index is 2.09. The van der Waals surface area contributed by atoms with E-state index in [2.05, 4.69) is 27.3 Å². The Bertz CT molecular complexity index is 522. The van der Waals surface area contributed by atoms with Crippen molar-refractivity contribution >= 4 is 21.6 Å². The van der Waals surface area contributed by atoms with E-state index in [4.69, 9.17) is 5.26 Å². The first-order valence-electron chi connectivity index (χ1n) is 6.43. The molecule has 1 N–H and O–H groups in total. The number of halogens is 4. The minimum atomic E-state index is -4.13. The van der Waals surface area contributed by atoms with E-state index in [1.165, 1.54) is 0 Å². The number of hydrogen-bond acceptors (Lipinski definition) is 2. The molecule has 1 aromatic carbocycles. The molecule has 0 radical (unpaired) electrons. The van der Waals surface area contributed by atoms with Gasteiger partial charge in [-0.3, -0.25) is 0 Å². The fourth-order valence-electron chi connectivity index (χ4n) is 2.57. The lowest BCUT2D eigenvalue weighted by Gasteiger charge is -2.31. The molecule has 2 unspecified atom stereocenters. The van der Waals surface area contributed by atoms with Crippen molar-refractivity contribution in [2.45, 2.75) is 37.9 Å². The summed E-state index contributed by atoms with van der Waals surface area (Å²) in [4.78, 5) is 0. The van der Waals surface area contributed by atoms with Crippen LogP contribution in [-0.2, 0) is 0 Å². The summed E-state index contributed by atoms with van der Waals surface area (Å²) in [5.41, 5.74) is 1.04. The lowest BCUT2D eigenvalue weighted by molar-refractivity contribution is -0.182. The molecule has 1 fully saturated rings. The number of rotatable bonds is 2. The standard InChI is InChI=1S/C14H14BrF3N2/c15-11-4-5-13(9(6-11)8-19)20-12-3-1-2-10(7-12)14(16,17)18/h4-6,10,12,20H,1-3,7H2. The van der Waals surface area contributed by atoms with Crippen LogP contribution >= 0.6 is 15.9 Å². The quantitative estimate of drug-likeness (QED) is 0.830. The van der Waals surface area contributed by atoms with E-state index in [0.29, 0.717) is 24.1 Å². The van der Waals surface area contributed by atoms with Crippen LogP contribution < -0.4 is 5.32 Å². The van der Waals surface area contributed by atoms with E-state index in [0.717, 1.165) is 4.47 Å². The molecule has 0 bridgehead atoms. The van der Waals surface area contributed by atoms with Crippen molar-refractivity contribution in [3.05, 3.63) is 28.2 Å². The lowest BCUT2D eigenvalue weighted by atomic mass is 9.85. The van der Waals surface area contributed by atoms with Crippen LogP contribution in [0.5, 0.6) is 0 Å². The number of nitrogens with one attached hydrogen (secondary N) is 1. The summed E-state index contributed by atoms with van der Waals surface area (Å²) < 4.78 is 39.1. The SMILES string of the molecule is N#Cc1cc(Br)ccc1NC1CCCC(C(F)(F)F)C1. The molecule has 2 rings (SSSR count). The van der Waals surface area contributed by atoms with Crippen LogP contribution in [0.1, 0.15) is 31.2 Å². The monoisotopic (exact) mass is 346 g/mol. The average Bonchev–Trinajstić information content (AvgIpc) is 2.40. The third-order valence-corrected chi connectivity index (χ3v) is 4.09. The van der Waals surface area contributed by atoms with Gasteiger partial charge in [0, 0.05) is 10.5 Å². The van der Waals surface area contributed by atoms with Crippen molar-refractivity contribution in [1.29, 1.82) is 5.26 Å². The topological polar surface area (TPSA) is 35.8 Å². The highest BCUT2D eigenvalue weighted by Gasteiger charge is 2.42. The van der Waals surface area contributed by atoms with Crippen LogP contribution in [-0.4, -0.2) is 12.2 Å². The Morgan fingerprint density at radius 2 is 2.05 bits per heavy atom. The highest BCUT2D eigenvalue weighted by atomic mass is 79.9. The normalized spacial score (nSPS) is 23.1. The predicted molar refractivity (Wildman–Crippen MR) is 74.3 cm³/mol. The fraction of sp³-hybridized carbons (Fsp3) is 0.500. The molecule has 0 amide bonds. The van der Waals surface area contributed by atoms with Crippen molar-refractivity contribution < 1.29 is 13.2 Å². The molecule has 2 nitrogen and oxygen atoms in total. The molecule has 1 aliphatic rings. The average molecular weight is 347 g/mol. The highest BCUT2D eigenvalue weighted by molar-refractivity contribution is 9.10. The Morgan fingerprint density at radius 1 is 1.30 bits per heavy atom. The molecule has 2 atom stereocenters. The first kappa shape index (κ1) is 15.2. The molecular weight excluding hydrogens is 333 g/mol. The van der Waals surface area contributed by atoms with Crippen LogP contribution in [0.2, 0.25) is 0 Å². The first-order chi connectivity index (χ1) is 9.40. The molecule has 0 spiro atoms. The number of hydrogen-bond donors (Lipinski definition) is 1. The van der Waals surface area contributed by atoms with Gasteiger partial charge in [-0.05, 0) is 37.5 Å². The number of benzene rings is 1. The van der Waals surface area contributed by atoms with Gasteiger partial charge in [-0.1, -0.05) is 22.4 Å². The maximum Gasteiger partial charge on any atom is 0.391 e. The van der Waals surface area contributed by atoms with Gasteiger partial charge in [-0.2, -0.15) is 18.4 Å². The summed E-state index contributed by atoms with van der Waals surface area (Å²) in [7, 11) is 0.